The zero-order valence-electron chi connectivity index (χ0n) is 12.5. The van der Waals surface area contributed by atoms with Crippen molar-refractivity contribution in [3.8, 4) is 0 Å². The molecule has 21 heavy (non-hydrogen) atoms. The molecule has 0 bridgehead atoms. The standard InChI is InChI=1S/C15H23ClN4O/c1-11(2)7-8-19-15(17)20-10-9-18-14(21)12-3-5-13(16)6-4-12/h3-6,11H,7-10H2,1-2H3,(H,18,21)(H3,17,19,20). The monoisotopic (exact) mass is 310 g/mol. The van der Waals surface area contributed by atoms with Crippen LogP contribution >= 0.6 is 11.6 Å². The van der Waals surface area contributed by atoms with Gasteiger partial charge in [0.1, 0.15) is 0 Å². The molecule has 0 saturated carbocycles. The summed E-state index contributed by atoms with van der Waals surface area (Å²) < 4.78 is 0. The average molecular weight is 311 g/mol. The number of carbonyl (C=O) groups excluding carboxylic acids is 1. The van der Waals surface area contributed by atoms with Gasteiger partial charge < -0.3 is 16.4 Å². The van der Waals surface area contributed by atoms with Crippen molar-refractivity contribution in [2.45, 2.75) is 20.3 Å². The summed E-state index contributed by atoms with van der Waals surface area (Å²) >= 11 is 5.77. The predicted octanol–water partition coefficient (Wildman–Crippen LogP) is 2.02. The Morgan fingerprint density at radius 1 is 1.24 bits per heavy atom. The zero-order valence-corrected chi connectivity index (χ0v) is 13.3. The fraction of sp³-hybridized carbons (Fsp3) is 0.467. The van der Waals surface area contributed by atoms with Gasteiger partial charge in [-0.05, 0) is 36.6 Å². The lowest BCUT2D eigenvalue weighted by molar-refractivity contribution is 0.0954. The predicted molar refractivity (Wildman–Crippen MR) is 87.7 cm³/mol. The third kappa shape index (κ3) is 7.56. The molecule has 0 fully saturated rings. The van der Waals surface area contributed by atoms with Crippen LogP contribution in [0.3, 0.4) is 0 Å². The number of rotatable bonds is 7. The van der Waals surface area contributed by atoms with E-state index in [0.29, 0.717) is 42.1 Å². The second-order valence-corrected chi connectivity index (χ2v) is 5.58. The maximum absolute atomic E-state index is 11.8. The summed E-state index contributed by atoms with van der Waals surface area (Å²) in [6, 6.07) is 6.75. The highest BCUT2D eigenvalue weighted by Gasteiger charge is 2.03. The molecule has 0 saturated heterocycles. The molecule has 0 aromatic heterocycles. The Balaban J connectivity index is 2.21. The molecule has 0 aliphatic heterocycles. The highest BCUT2D eigenvalue weighted by molar-refractivity contribution is 6.30. The van der Waals surface area contributed by atoms with E-state index in [1.54, 1.807) is 24.3 Å². The number of nitrogens with zero attached hydrogens (tertiary/aromatic N) is 1. The number of nitrogens with two attached hydrogens (primary N) is 1. The number of nitrogens with one attached hydrogen (secondary N) is 2. The summed E-state index contributed by atoms with van der Waals surface area (Å²) in [5, 5.41) is 6.37. The van der Waals surface area contributed by atoms with Crippen LogP contribution < -0.4 is 16.4 Å². The Morgan fingerprint density at radius 3 is 2.48 bits per heavy atom. The van der Waals surface area contributed by atoms with E-state index in [-0.39, 0.29) is 5.91 Å². The summed E-state index contributed by atoms with van der Waals surface area (Å²) in [6.45, 7) is 6.02. The van der Waals surface area contributed by atoms with Crippen molar-refractivity contribution in [2.75, 3.05) is 19.6 Å². The van der Waals surface area contributed by atoms with E-state index in [0.717, 1.165) is 6.42 Å². The lowest BCUT2D eigenvalue weighted by atomic mass is 10.1. The Morgan fingerprint density at radius 2 is 1.86 bits per heavy atom. The highest BCUT2D eigenvalue weighted by Crippen LogP contribution is 2.09. The molecule has 1 aromatic carbocycles. The number of carbonyl (C=O) groups is 1. The quantitative estimate of drug-likeness (QED) is 0.409. The number of hydrogen-bond acceptors (Lipinski definition) is 2. The lowest BCUT2D eigenvalue weighted by Crippen LogP contribution is -2.38. The van der Waals surface area contributed by atoms with Crippen molar-refractivity contribution in [1.82, 2.24) is 10.6 Å². The van der Waals surface area contributed by atoms with Crippen LogP contribution in [0.15, 0.2) is 29.3 Å². The Bertz CT molecular complexity index is 471. The van der Waals surface area contributed by atoms with Crippen molar-refractivity contribution < 1.29 is 4.79 Å². The largest absolute Gasteiger partial charge is 0.370 e. The van der Waals surface area contributed by atoms with Gasteiger partial charge in [0.25, 0.3) is 5.91 Å². The molecule has 1 amide bonds. The maximum atomic E-state index is 11.8. The number of aliphatic imine (C=N–C) groups is 1. The summed E-state index contributed by atoms with van der Waals surface area (Å²) in [5.41, 5.74) is 6.30. The Hall–Kier alpha value is -1.75. The van der Waals surface area contributed by atoms with Gasteiger partial charge in [-0.2, -0.15) is 0 Å². The summed E-state index contributed by atoms with van der Waals surface area (Å²) in [5.74, 6) is 0.889. The molecule has 0 aliphatic rings. The molecule has 0 heterocycles. The van der Waals surface area contributed by atoms with Crippen LogP contribution in [0.25, 0.3) is 0 Å². The van der Waals surface area contributed by atoms with Crippen molar-refractivity contribution in [3.05, 3.63) is 34.9 Å². The molecular weight excluding hydrogens is 288 g/mol. The van der Waals surface area contributed by atoms with Crippen LogP contribution in [0.2, 0.25) is 5.02 Å². The maximum Gasteiger partial charge on any atom is 0.251 e. The molecule has 0 spiro atoms. The third-order valence-electron chi connectivity index (χ3n) is 2.81. The first-order valence-electron chi connectivity index (χ1n) is 7.06. The van der Waals surface area contributed by atoms with Crippen molar-refractivity contribution >= 4 is 23.5 Å². The van der Waals surface area contributed by atoms with E-state index in [4.69, 9.17) is 17.3 Å². The van der Waals surface area contributed by atoms with E-state index >= 15 is 0 Å². The number of halogens is 1. The molecule has 0 aliphatic carbocycles. The van der Waals surface area contributed by atoms with Crippen molar-refractivity contribution in [3.63, 3.8) is 0 Å². The highest BCUT2D eigenvalue weighted by atomic mass is 35.5. The number of benzene rings is 1. The molecule has 116 valence electrons. The van der Waals surface area contributed by atoms with Gasteiger partial charge in [-0.1, -0.05) is 25.4 Å². The summed E-state index contributed by atoms with van der Waals surface area (Å²) in [6.07, 6.45) is 1.01. The first-order chi connectivity index (χ1) is 9.99. The average Bonchev–Trinajstić information content (AvgIpc) is 2.43. The van der Waals surface area contributed by atoms with Crippen LogP contribution in [0.4, 0.5) is 0 Å². The molecule has 0 atom stereocenters. The minimum atomic E-state index is -0.135. The van der Waals surface area contributed by atoms with Crippen LogP contribution in [0.5, 0.6) is 0 Å². The molecule has 1 rings (SSSR count). The molecule has 4 N–H and O–H groups in total. The fourth-order valence-electron chi connectivity index (χ4n) is 1.57. The molecular formula is C15H23ClN4O. The minimum Gasteiger partial charge on any atom is -0.370 e. The molecule has 0 unspecified atom stereocenters. The van der Waals surface area contributed by atoms with Crippen LogP contribution in [0, 0.1) is 5.92 Å². The number of guanidine groups is 1. The smallest absolute Gasteiger partial charge is 0.251 e. The topological polar surface area (TPSA) is 79.5 Å². The van der Waals surface area contributed by atoms with Gasteiger partial charge in [-0.25, -0.2) is 0 Å². The second kappa shape index (κ2) is 9.23. The van der Waals surface area contributed by atoms with E-state index in [2.05, 4.69) is 29.5 Å². The van der Waals surface area contributed by atoms with Crippen LogP contribution in [-0.4, -0.2) is 31.5 Å². The summed E-state index contributed by atoms with van der Waals surface area (Å²) in [7, 11) is 0. The molecule has 5 nitrogen and oxygen atoms in total. The van der Waals surface area contributed by atoms with E-state index in [9.17, 15) is 4.79 Å². The van der Waals surface area contributed by atoms with Gasteiger partial charge in [0, 0.05) is 30.2 Å². The van der Waals surface area contributed by atoms with Gasteiger partial charge in [0.15, 0.2) is 5.96 Å². The fourth-order valence-corrected chi connectivity index (χ4v) is 1.70. The van der Waals surface area contributed by atoms with Gasteiger partial charge >= 0.3 is 0 Å². The molecule has 1 aromatic rings. The van der Waals surface area contributed by atoms with Crippen molar-refractivity contribution in [2.24, 2.45) is 16.6 Å². The first kappa shape index (κ1) is 17.3. The Labute approximate surface area is 131 Å². The third-order valence-corrected chi connectivity index (χ3v) is 3.06. The number of hydrogen-bond donors (Lipinski definition) is 3. The molecule has 6 heteroatoms. The lowest BCUT2D eigenvalue weighted by Gasteiger charge is -2.08. The zero-order chi connectivity index (χ0) is 15.7. The van der Waals surface area contributed by atoms with Gasteiger partial charge in [0.05, 0.1) is 0 Å². The van der Waals surface area contributed by atoms with Gasteiger partial charge in [-0.15, -0.1) is 0 Å². The minimum absolute atomic E-state index is 0.135. The van der Waals surface area contributed by atoms with Gasteiger partial charge in [-0.3, -0.25) is 9.79 Å². The van der Waals surface area contributed by atoms with E-state index < -0.39 is 0 Å². The second-order valence-electron chi connectivity index (χ2n) is 5.14. The molecule has 0 radical (unpaired) electrons. The van der Waals surface area contributed by atoms with Crippen molar-refractivity contribution in [1.29, 1.82) is 0 Å². The SMILES string of the molecule is CC(C)CCN=C(N)NCCNC(=O)c1ccc(Cl)cc1. The van der Waals surface area contributed by atoms with E-state index in [1.807, 2.05) is 0 Å². The van der Waals surface area contributed by atoms with E-state index in [1.165, 1.54) is 0 Å². The van der Waals surface area contributed by atoms with Gasteiger partial charge in [0.2, 0.25) is 0 Å². The summed E-state index contributed by atoms with van der Waals surface area (Å²) in [4.78, 5) is 16.0. The Kier molecular flexibility index (Phi) is 7.61. The normalized spacial score (nSPS) is 11.5. The van der Waals surface area contributed by atoms with Crippen LogP contribution in [-0.2, 0) is 0 Å². The van der Waals surface area contributed by atoms with Crippen LogP contribution in [0.1, 0.15) is 30.6 Å². The first-order valence-corrected chi connectivity index (χ1v) is 7.44. The number of amides is 1.